The van der Waals surface area contributed by atoms with Crippen LogP contribution in [0.1, 0.15) is 30.5 Å². The molecule has 2 nitrogen and oxygen atoms in total. The van der Waals surface area contributed by atoms with Gasteiger partial charge in [-0.1, -0.05) is 13.0 Å². The van der Waals surface area contributed by atoms with Gasteiger partial charge in [0.25, 0.3) is 0 Å². The molecule has 17 heavy (non-hydrogen) atoms. The van der Waals surface area contributed by atoms with Crippen LogP contribution in [-0.4, -0.2) is 12.3 Å². The Hall–Kier alpha value is -1.57. The van der Waals surface area contributed by atoms with Crippen LogP contribution in [0, 0.1) is 5.92 Å². The van der Waals surface area contributed by atoms with E-state index in [4.69, 9.17) is 0 Å². The number of hydrogen-bond donors (Lipinski definition) is 1. The van der Waals surface area contributed by atoms with Gasteiger partial charge in [-0.05, 0) is 48.1 Å². The molecule has 1 aromatic rings. The lowest BCUT2D eigenvalue weighted by molar-refractivity contribution is 0.491. The molecule has 0 aromatic heterocycles. The fourth-order valence-corrected chi connectivity index (χ4v) is 2.59. The highest BCUT2D eigenvalue weighted by Crippen LogP contribution is 2.31. The van der Waals surface area contributed by atoms with E-state index >= 15 is 0 Å². The molecule has 2 aliphatic rings. The highest BCUT2D eigenvalue weighted by atomic mass is 14.9. The summed E-state index contributed by atoms with van der Waals surface area (Å²) in [6.45, 7) is 4.58. The standard InChI is InChI=1S/C15H18N2/c1-10-7-14-8-12-3-5-16-6-4-13(12)9-15(14)17-11(10)2/h4-6,8-11,17H,3,7H2,1-2H3. The van der Waals surface area contributed by atoms with Gasteiger partial charge in [-0.25, -0.2) is 0 Å². The summed E-state index contributed by atoms with van der Waals surface area (Å²) in [5, 5.41) is 3.61. The third-order valence-electron chi connectivity index (χ3n) is 3.90. The van der Waals surface area contributed by atoms with Crippen LogP contribution in [0.3, 0.4) is 0 Å². The van der Waals surface area contributed by atoms with E-state index in [9.17, 15) is 0 Å². The van der Waals surface area contributed by atoms with Crippen LogP contribution in [0.5, 0.6) is 0 Å². The first-order chi connectivity index (χ1) is 8.24. The molecule has 0 saturated heterocycles. The molecule has 0 saturated carbocycles. The Morgan fingerprint density at radius 1 is 1.24 bits per heavy atom. The summed E-state index contributed by atoms with van der Waals surface area (Å²) < 4.78 is 0. The second kappa shape index (κ2) is 4.02. The van der Waals surface area contributed by atoms with Crippen LogP contribution in [-0.2, 0) is 12.8 Å². The molecule has 0 spiro atoms. The third-order valence-corrected chi connectivity index (χ3v) is 3.90. The fourth-order valence-electron chi connectivity index (χ4n) is 2.59. The van der Waals surface area contributed by atoms with E-state index in [1.165, 1.54) is 28.8 Å². The summed E-state index contributed by atoms with van der Waals surface area (Å²) in [4.78, 5) is 4.22. The van der Waals surface area contributed by atoms with Crippen LogP contribution >= 0.6 is 0 Å². The lowest BCUT2D eigenvalue weighted by Gasteiger charge is -2.31. The van der Waals surface area contributed by atoms with Gasteiger partial charge in [0.1, 0.15) is 0 Å². The van der Waals surface area contributed by atoms with Crippen molar-refractivity contribution in [2.75, 3.05) is 5.32 Å². The quantitative estimate of drug-likeness (QED) is 0.721. The molecule has 0 radical (unpaired) electrons. The SMILES string of the molecule is CC1Cc2cc3c(cc2NC1C)C=CN=CC3. The Morgan fingerprint density at radius 3 is 3.00 bits per heavy atom. The van der Waals surface area contributed by atoms with Crippen LogP contribution in [0.4, 0.5) is 5.69 Å². The van der Waals surface area contributed by atoms with Crippen molar-refractivity contribution >= 4 is 18.0 Å². The first kappa shape index (κ1) is 10.6. The maximum atomic E-state index is 4.22. The first-order valence-corrected chi connectivity index (χ1v) is 6.34. The van der Waals surface area contributed by atoms with E-state index in [0.717, 1.165) is 6.42 Å². The zero-order valence-corrected chi connectivity index (χ0v) is 10.4. The maximum Gasteiger partial charge on any atom is 0.0381 e. The molecule has 0 bridgehead atoms. The lowest BCUT2D eigenvalue weighted by atomic mass is 9.87. The Labute approximate surface area is 102 Å². The molecule has 2 unspecified atom stereocenters. The van der Waals surface area contributed by atoms with Crippen molar-refractivity contribution in [1.29, 1.82) is 0 Å². The minimum Gasteiger partial charge on any atom is -0.382 e. The van der Waals surface area contributed by atoms with Crippen molar-refractivity contribution in [3.63, 3.8) is 0 Å². The minimum absolute atomic E-state index is 0.562. The van der Waals surface area contributed by atoms with E-state index < -0.39 is 0 Å². The molecule has 0 fully saturated rings. The summed E-state index contributed by atoms with van der Waals surface area (Å²) >= 11 is 0. The monoisotopic (exact) mass is 226 g/mol. The fraction of sp³-hybridized carbons (Fsp3) is 0.400. The predicted molar refractivity (Wildman–Crippen MR) is 73.6 cm³/mol. The number of aliphatic imine (C=N–C) groups is 1. The van der Waals surface area contributed by atoms with Gasteiger partial charge in [-0.2, -0.15) is 0 Å². The second-order valence-electron chi connectivity index (χ2n) is 5.17. The van der Waals surface area contributed by atoms with Crippen LogP contribution in [0.15, 0.2) is 23.3 Å². The molecule has 88 valence electrons. The molecule has 2 heterocycles. The van der Waals surface area contributed by atoms with E-state index in [1.54, 1.807) is 0 Å². The summed E-state index contributed by atoms with van der Waals surface area (Å²) in [5.41, 5.74) is 5.46. The van der Waals surface area contributed by atoms with Crippen molar-refractivity contribution in [2.24, 2.45) is 10.9 Å². The summed E-state index contributed by atoms with van der Waals surface area (Å²) in [6.07, 6.45) is 8.09. The second-order valence-corrected chi connectivity index (χ2v) is 5.17. The van der Waals surface area contributed by atoms with Crippen molar-refractivity contribution in [2.45, 2.75) is 32.7 Å². The summed E-state index contributed by atoms with van der Waals surface area (Å²) in [6, 6.07) is 5.19. The Bertz CT molecular complexity index is 500. The molecular formula is C15H18N2. The van der Waals surface area contributed by atoms with Crippen molar-refractivity contribution < 1.29 is 0 Å². The van der Waals surface area contributed by atoms with Crippen LogP contribution in [0.25, 0.3) is 6.08 Å². The van der Waals surface area contributed by atoms with Crippen molar-refractivity contribution in [3.8, 4) is 0 Å². The van der Waals surface area contributed by atoms with Crippen LogP contribution < -0.4 is 5.32 Å². The number of hydrogen-bond acceptors (Lipinski definition) is 2. The zero-order chi connectivity index (χ0) is 11.8. The molecule has 2 heteroatoms. The molecular weight excluding hydrogens is 208 g/mol. The van der Waals surface area contributed by atoms with Gasteiger partial charge in [0.15, 0.2) is 0 Å². The molecule has 3 rings (SSSR count). The summed E-state index contributed by atoms with van der Waals surface area (Å²) in [5.74, 6) is 0.704. The van der Waals surface area contributed by atoms with Crippen molar-refractivity contribution in [1.82, 2.24) is 0 Å². The molecule has 2 aliphatic heterocycles. The largest absolute Gasteiger partial charge is 0.382 e. The highest BCUT2D eigenvalue weighted by molar-refractivity contribution is 5.73. The lowest BCUT2D eigenvalue weighted by Crippen LogP contribution is -2.30. The van der Waals surface area contributed by atoms with Gasteiger partial charge in [-0.3, -0.25) is 4.99 Å². The highest BCUT2D eigenvalue weighted by Gasteiger charge is 2.22. The smallest absolute Gasteiger partial charge is 0.0381 e. The molecule has 1 N–H and O–H groups in total. The topological polar surface area (TPSA) is 24.4 Å². The average molecular weight is 226 g/mol. The minimum atomic E-state index is 0.562. The van der Waals surface area contributed by atoms with Gasteiger partial charge < -0.3 is 5.32 Å². The third kappa shape index (κ3) is 1.88. The zero-order valence-electron chi connectivity index (χ0n) is 10.4. The number of anilines is 1. The van der Waals surface area contributed by atoms with Gasteiger partial charge >= 0.3 is 0 Å². The average Bonchev–Trinajstić information content (AvgIpc) is 2.53. The van der Waals surface area contributed by atoms with Gasteiger partial charge in [0, 0.05) is 30.6 Å². The first-order valence-electron chi connectivity index (χ1n) is 6.34. The Morgan fingerprint density at radius 2 is 2.12 bits per heavy atom. The molecule has 0 amide bonds. The van der Waals surface area contributed by atoms with Gasteiger partial charge in [-0.15, -0.1) is 0 Å². The Kier molecular flexibility index (Phi) is 2.50. The molecule has 2 atom stereocenters. The molecule has 1 aromatic carbocycles. The van der Waals surface area contributed by atoms with E-state index in [1.807, 2.05) is 12.4 Å². The summed E-state index contributed by atoms with van der Waals surface area (Å²) in [7, 11) is 0. The number of nitrogens with zero attached hydrogens (tertiary/aromatic N) is 1. The number of fused-ring (bicyclic) bond motifs is 2. The normalized spacial score (nSPS) is 25.8. The number of benzene rings is 1. The van der Waals surface area contributed by atoms with E-state index in [0.29, 0.717) is 12.0 Å². The predicted octanol–water partition coefficient (Wildman–Crippen LogP) is 3.28. The number of rotatable bonds is 0. The van der Waals surface area contributed by atoms with E-state index in [2.05, 4.69) is 42.4 Å². The van der Waals surface area contributed by atoms with E-state index in [-0.39, 0.29) is 0 Å². The molecule has 0 aliphatic carbocycles. The van der Waals surface area contributed by atoms with Crippen molar-refractivity contribution in [3.05, 3.63) is 35.0 Å². The maximum absolute atomic E-state index is 4.22. The Balaban J connectivity index is 2.06. The van der Waals surface area contributed by atoms with Gasteiger partial charge in [0.2, 0.25) is 0 Å². The van der Waals surface area contributed by atoms with Crippen LogP contribution in [0.2, 0.25) is 0 Å². The van der Waals surface area contributed by atoms with Gasteiger partial charge in [0.05, 0.1) is 0 Å². The number of nitrogens with one attached hydrogen (secondary N) is 1.